The molecule has 0 N–H and O–H groups in total. The lowest BCUT2D eigenvalue weighted by molar-refractivity contribution is 0.598. The minimum atomic E-state index is -3.22. The van der Waals surface area contributed by atoms with E-state index < -0.39 is 13.1 Å². The molecule has 0 aromatic heterocycles. The Morgan fingerprint density at radius 3 is 2.31 bits per heavy atom. The van der Waals surface area contributed by atoms with Crippen molar-refractivity contribution in [3.8, 4) is 0 Å². The second kappa shape index (κ2) is 4.23. The van der Waals surface area contributed by atoms with Gasteiger partial charge in [0.1, 0.15) is 3.26 Å². The van der Waals surface area contributed by atoms with E-state index in [9.17, 15) is 8.42 Å². The first kappa shape index (κ1) is 10.7. The zero-order chi connectivity index (χ0) is 9.90. The minimum absolute atomic E-state index is 0.342. The summed E-state index contributed by atoms with van der Waals surface area (Å²) in [6, 6.07) is 8.38. The van der Waals surface area contributed by atoms with Crippen LogP contribution in [0.15, 0.2) is 47.9 Å². The summed E-state index contributed by atoms with van der Waals surface area (Å²) < 4.78 is 22.8. The third-order valence-corrected chi connectivity index (χ3v) is 5.78. The fraction of sp³-hybridized carbons (Fsp3) is 0.111. The quantitative estimate of drug-likeness (QED) is 0.488. The maximum Gasteiger partial charge on any atom is 0.193 e. The molecule has 0 aliphatic carbocycles. The summed E-state index contributed by atoms with van der Waals surface area (Å²) in [4.78, 5) is 0.342. The van der Waals surface area contributed by atoms with Crippen LogP contribution in [-0.4, -0.2) is 11.7 Å². The molecule has 0 heterocycles. The van der Waals surface area contributed by atoms with Crippen LogP contribution in [0, 0.1) is 0 Å². The van der Waals surface area contributed by atoms with Crippen LogP contribution in [0.5, 0.6) is 0 Å². The van der Waals surface area contributed by atoms with Crippen molar-refractivity contribution in [3.05, 3.63) is 43.0 Å². The molecule has 0 aliphatic heterocycles. The summed E-state index contributed by atoms with van der Waals surface area (Å²) in [7, 11) is -3.22. The van der Waals surface area contributed by atoms with E-state index >= 15 is 0 Å². The number of sulfone groups is 1. The van der Waals surface area contributed by atoms with Crippen molar-refractivity contribution in [2.75, 3.05) is 0 Å². The average molecular weight is 308 g/mol. The number of rotatable bonds is 3. The Bertz CT molecular complexity index is 383. The van der Waals surface area contributed by atoms with Crippen LogP contribution in [0.3, 0.4) is 0 Å². The highest BCUT2D eigenvalue weighted by Crippen LogP contribution is 2.20. The van der Waals surface area contributed by atoms with Crippen LogP contribution in [0.25, 0.3) is 0 Å². The van der Waals surface area contributed by atoms with Crippen LogP contribution in [0.2, 0.25) is 0 Å². The Hall–Kier alpha value is -0.360. The predicted molar refractivity (Wildman–Crippen MR) is 61.6 cm³/mol. The first-order valence-corrected chi connectivity index (χ1v) is 6.44. The van der Waals surface area contributed by atoms with Gasteiger partial charge in [0.05, 0.1) is 4.90 Å². The Labute approximate surface area is 91.7 Å². The second-order valence-electron chi connectivity index (χ2n) is 2.44. The predicted octanol–water partition coefficient (Wildman–Crippen LogP) is 2.41. The normalized spacial score (nSPS) is 13.6. The fourth-order valence-corrected chi connectivity index (χ4v) is 2.80. The van der Waals surface area contributed by atoms with Crippen molar-refractivity contribution in [3.63, 3.8) is 0 Å². The zero-order valence-electron chi connectivity index (χ0n) is 6.85. The zero-order valence-corrected chi connectivity index (χ0v) is 9.83. The molecule has 13 heavy (non-hydrogen) atoms. The molecule has 1 rings (SSSR count). The standard InChI is InChI=1S/C9H9IO2S/c1-2-9(10)13(11,12)8-6-4-3-5-7-8/h2-7,9H,1H2. The summed E-state index contributed by atoms with van der Waals surface area (Å²) >= 11 is 1.85. The monoisotopic (exact) mass is 308 g/mol. The van der Waals surface area contributed by atoms with Crippen LogP contribution >= 0.6 is 22.6 Å². The van der Waals surface area contributed by atoms with Gasteiger partial charge in [0.2, 0.25) is 0 Å². The topological polar surface area (TPSA) is 34.1 Å². The van der Waals surface area contributed by atoms with E-state index in [4.69, 9.17) is 0 Å². The van der Waals surface area contributed by atoms with Gasteiger partial charge in [-0.15, -0.1) is 6.58 Å². The van der Waals surface area contributed by atoms with Crippen molar-refractivity contribution in [1.82, 2.24) is 0 Å². The van der Waals surface area contributed by atoms with Gasteiger partial charge >= 0.3 is 0 Å². The highest BCUT2D eigenvalue weighted by atomic mass is 127. The molecule has 70 valence electrons. The molecule has 0 bridgehead atoms. The first-order valence-electron chi connectivity index (χ1n) is 3.64. The largest absolute Gasteiger partial charge is 0.222 e. The van der Waals surface area contributed by atoms with E-state index in [0.29, 0.717) is 4.90 Å². The van der Waals surface area contributed by atoms with Gasteiger partial charge in [-0.25, -0.2) is 8.42 Å². The Kier molecular flexibility index (Phi) is 3.49. The lowest BCUT2D eigenvalue weighted by Crippen LogP contribution is -2.11. The summed E-state index contributed by atoms with van der Waals surface area (Å²) in [5.41, 5.74) is 0. The van der Waals surface area contributed by atoms with E-state index in [1.165, 1.54) is 6.08 Å². The average Bonchev–Trinajstić information content (AvgIpc) is 2.18. The third-order valence-electron chi connectivity index (χ3n) is 1.55. The maximum atomic E-state index is 11.7. The van der Waals surface area contributed by atoms with Crippen molar-refractivity contribution >= 4 is 32.4 Å². The van der Waals surface area contributed by atoms with Crippen molar-refractivity contribution in [1.29, 1.82) is 0 Å². The van der Waals surface area contributed by atoms with E-state index in [-0.39, 0.29) is 0 Å². The van der Waals surface area contributed by atoms with Gasteiger partial charge in [-0.05, 0) is 12.1 Å². The second-order valence-corrected chi connectivity index (χ2v) is 6.70. The first-order chi connectivity index (χ1) is 6.09. The summed E-state index contributed by atoms with van der Waals surface area (Å²) in [6.07, 6.45) is 1.42. The Balaban J connectivity index is 3.16. The fourth-order valence-electron chi connectivity index (χ4n) is 0.867. The van der Waals surface area contributed by atoms with Gasteiger partial charge in [0, 0.05) is 0 Å². The molecule has 0 fully saturated rings. The van der Waals surface area contributed by atoms with Crippen LogP contribution < -0.4 is 0 Å². The van der Waals surface area contributed by atoms with E-state index in [1.54, 1.807) is 30.3 Å². The Morgan fingerprint density at radius 1 is 1.31 bits per heavy atom. The smallest absolute Gasteiger partial charge is 0.193 e. The number of hydrogen-bond acceptors (Lipinski definition) is 2. The molecule has 0 saturated carbocycles. The lowest BCUT2D eigenvalue weighted by atomic mass is 10.4. The van der Waals surface area contributed by atoms with E-state index in [0.717, 1.165) is 0 Å². The number of halogens is 1. The van der Waals surface area contributed by atoms with Crippen molar-refractivity contribution < 1.29 is 8.42 Å². The molecular formula is C9H9IO2S. The molecule has 0 radical (unpaired) electrons. The molecule has 2 nitrogen and oxygen atoms in total. The molecule has 0 aliphatic rings. The SMILES string of the molecule is C=CC(I)S(=O)(=O)c1ccccc1. The lowest BCUT2D eigenvalue weighted by Gasteiger charge is -2.05. The van der Waals surface area contributed by atoms with Gasteiger partial charge in [0.25, 0.3) is 0 Å². The van der Waals surface area contributed by atoms with Crippen LogP contribution in [0.1, 0.15) is 0 Å². The Morgan fingerprint density at radius 2 is 1.85 bits per heavy atom. The van der Waals surface area contributed by atoms with Gasteiger partial charge in [-0.1, -0.05) is 46.9 Å². The highest BCUT2D eigenvalue weighted by Gasteiger charge is 2.20. The van der Waals surface area contributed by atoms with Crippen LogP contribution in [0.4, 0.5) is 0 Å². The molecular weight excluding hydrogens is 299 g/mol. The number of hydrogen-bond donors (Lipinski definition) is 0. The van der Waals surface area contributed by atoms with Crippen LogP contribution in [-0.2, 0) is 9.84 Å². The summed E-state index contributed by atoms with van der Waals surface area (Å²) in [5.74, 6) is 0. The van der Waals surface area contributed by atoms with E-state index in [1.807, 2.05) is 22.6 Å². The minimum Gasteiger partial charge on any atom is -0.222 e. The molecule has 4 heteroatoms. The molecule has 1 aromatic carbocycles. The van der Waals surface area contributed by atoms with Gasteiger partial charge in [-0.2, -0.15) is 0 Å². The molecule has 0 amide bonds. The van der Waals surface area contributed by atoms with E-state index in [2.05, 4.69) is 6.58 Å². The molecule has 1 unspecified atom stereocenters. The number of benzene rings is 1. The van der Waals surface area contributed by atoms with Gasteiger partial charge < -0.3 is 0 Å². The van der Waals surface area contributed by atoms with Crippen molar-refractivity contribution in [2.45, 2.75) is 8.15 Å². The molecule has 0 saturated heterocycles. The maximum absolute atomic E-state index is 11.7. The highest BCUT2D eigenvalue weighted by molar-refractivity contribution is 14.1. The van der Waals surface area contributed by atoms with Gasteiger partial charge in [0.15, 0.2) is 9.84 Å². The van der Waals surface area contributed by atoms with Gasteiger partial charge in [-0.3, -0.25) is 0 Å². The number of alkyl halides is 1. The summed E-state index contributed by atoms with van der Waals surface area (Å²) in [6.45, 7) is 3.47. The third kappa shape index (κ3) is 2.31. The summed E-state index contributed by atoms with van der Waals surface area (Å²) in [5, 5.41) is 0. The molecule has 1 atom stereocenters. The molecule has 1 aromatic rings. The molecule has 0 spiro atoms. The van der Waals surface area contributed by atoms with Crippen molar-refractivity contribution in [2.24, 2.45) is 0 Å².